The van der Waals surface area contributed by atoms with Gasteiger partial charge in [-0.25, -0.2) is 14.0 Å². The number of halogens is 4. The number of carboxylic acids is 1. The molecule has 0 unspecified atom stereocenters. The number of methoxy groups -OCH3 is 1. The van der Waals surface area contributed by atoms with E-state index < -0.39 is 12.1 Å². The Morgan fingerprint density at radius 2 is 1.39 bits per heavy atom. The maximum Gasteiger partial charge on any atom is 0.490 e. The van der Waals surface area contributed by atoms with Gasteiger partial charge in [-0.3, -0.25) is 9.69 Å². The molecule has 214 valence electrons. The average molecular weight is 548 g/mol. The van der Waals surface area contributed by atoms with Crippen molar-refractivity contribution in [2.24, 2.45) is 17.8 Å². The number of aliphatic carboxylic acids is 1. The number of nitrogens with zero attached hydrogens (tertiary/aromatic N) is 1. The molecule has 8 nitrogen and oxygen atoms in total. The molecule has 0 bridgehead atoms. The van der Waals surface area contributed by atoms with E-state index in [4.69, 9.17) is 14.6 Å². The van der Waals surface area contributed by atoms with Crippen molar-refractivity contribution in [3.63, 3.8) is 0 Å². The molecule has 3 N–H and O–H groups in total. The zero-order valence-electron chi connectivity index (χ0n) is 21.6. The van der Waals surface area contributed by atoms with E-state index in [1.165, 1.54) is 37.1 Å². The highest BCUT2D eigenvalue weighted by atomic mass is 19.4. The van der Waals surface area contributed by atoms with Crippen LogP contribution < -0.4 is 10.6 Å². The van der Waals surface area contributed by atoms with Crippen LogP contribution in [0.5, 0.6) is 0 Å². The number of hydrogen-bond donors (Lipinski definition) is 3. The number of amides is 2. The first kappa shape index (κ1) is 31.5. The number of piperidine rings is 1. The largest absolute Gasteiger partial charge is 0.490 e. The number of hydrogen-bond acceptors (Lipinski definition) is 5. The topological polar surface area (TPSA) is 108 Å². The molecule has 12 heteroatoms. The minimum absolute atomic E-state index is 0.0206. The quantitative estimate of drug-likeness (QED) is 0.317. The smallest absolute Gasteiger partial charge is 0.475 e. The summed E-state index contributed by atoms with van der Waals surface area (Å²) in [5.74, 6) is -1.39. The van der Waals surface area contributed by atoms with Gasteiger partial charge in [0.1, 0.15) is 5.82 Å². The van der Waals surface area contributed by atoms with Crippen LogP contribution >= 0.6 is 0 Å². The molecule has 0 aromatic heterocycles. The SMILES string of the molecule is COCC1CCC(CNC(=O)NCC2CCN(CC(=O)c3ccc(F)cc3)CC2)CC1.O=C(O)C(F)(F)F. The number of likely N-dealkylation sites (tertiary alicyclic amines) is 1. The first-order chi connectivity index (χ1) is 18.0. The van der Waals surface area contributed by atoms with Crippen LogP contribution in [-0.2, 0) is 9.53 Å². The van der Waals surface area contributed by atoms with Gasteiger partial charge in [0.2, 0.25) is 0 Å². The van der Waals surface area contributed by atoms with Crippen molar-refractivity contribution in [2.75, 3.05) is 46.4 Å². The maximum atomic E-state index is 13.0. The summed E-state index contributed by atoms with van der Waals surface area (Å²) in [5.41, 5.74) is 0.550. The van der Waals surface area contributed by atoms with Crippen molar-refractivity contribution >= 4 is 17.8 Å². The minimum Gasteiger partial charge on any atom is -0.475 e. The summed E-state index contributed by atoms with van der Waals surface area (Å²) < 4.78 is 50.0. The Bertz CT molecular complexity index is 882. The number of nitrogens with one attached hydrogen (secondary N) is 2. The predicted octanol–water partition coefficient (Wildman–Crippen LogP) is 4.11. The summed E-state index contributed by atoms with van der Waals surface area (Å²) in [6.07, 6.45) is 1.52. The van der Waals surface area contributed by atoms with E-state index in [1.807, 2.05) is 0 Å². The number of rotatable bonds is 9. The summed E-state index contributed by atoms with van der Waals surface area (Å²) >= 11 is 0. The molecule has 2 fully saturated rings. The number of alkyl halides is 3. The first-order valence-electron chi connectivity index (χ1n) is 12.8. The highest BCUT2D eigenvalue weighted by Crippen LogP contribution is 2.28. The van der Waals surface area contributed by atoms with Gasteiger partial charge in [-0.2, -0.15) is 13.2 Å². The summed E-state index contributed by atoms with van der Waals surface area (Å²) in [5, 5.41) is 13.2. The highest BCUT2D eigenvalue weighted by molar-refractivity contribution is 5.97. The van der Waals surface area contributed by atoms with Gasteiger partial charge in [0, 0.05) is 32.4 Å². The number of Topliss-reactive ketones (excluding diaryl/α,β-unsaturated/α-hetero) is 1. The number of carbonyl (C=O) groups excluding carboxylic acids is 2. The fourth-order valence-electron chi connectivity index (χ4n) is 4.65. The molecule has 2 aliphatic rings. The van der Waals surface area contributed by atoms with Crippen LogP contribution in [0.25, 0.3) is 0 Å². The van der Waals surface area contributed by atoms with Gasteiger partial charge < -0.3 is 20.5 Å². The van der Waals surface area contributed by atoms with Gasteiger partial charge in [0.15, 0.2) is 5.78 Å². The molecule has 1 heterocycles. The zero-order chi connectivity index (χ0) is 28.1. The lowest BCUT2D eigenvalue weighted by Gasteiger charge is -2.31. The van der Waals surface area contributed by atoms with Crippen LogP contribution in [0.15, 0.2) is 24.3 Å². The summed E-state index contributed by atoms with van der Waals surface area (Å²) in [7, 11) is 1.76. The highest BCUT2D eigenvalue weighted by Gasteiger charge is 2.38. The van der Waals surface area contributed by atoms with Gasteiger partial charge in [-0.1, -0.05) is 0 Å². The summed E-state index contributed by atoms with van der Waals surface area (Å²) in [6, 6.07) is 5.65. The van der Waals surface area contributed by atoms with E-state index in [9.17, 15) is 27.2 Å². The monoisotopic (exact) mass is 547 g/mol. The molecule has 0 atom stereocenters. The van der Waals surface area contributed by atoms with Crippen molar-refractivity contribution in [3.8, 4) is 0 Å². The third-order valence-corrected chi connectivity index (χ3v) is 6.95. The molecule has 1 aromatic carbocycles. The molecule has 3 rings (SSSR count). The van der Waals surface area contributed by atoms with E-state index in [-0.39, 0.29) is 17.6 Å². The second kappa shape index (κ2) is 15.6. The first-order valence-corrected chi connectivity index (χ1v) is 12.8. The zero-order valence-corrected chi connectivity index (χ0v) is 21.6. The van der Waals surface area contributed by atoms with Crippen molar-refractivity contribution in [1.82, 2.24) is 15.5 Å². The molecule has 38 heavy (non-hydrogen) atoms. The van der Waals surface area contributed by atoms with E-state index in [1.54, 1.807) is 7.11 Å². The third kappa shape index (κ3) is 11.8. The average Bonchev–Trinajstić information content (AvgIpc) is 2.88. The van der Waals surface area contributed by atoms with Crippen LogP contribution in [0, 0.1) is 23.6 Å². The van der Waals surface area contributed by atoms with Crippen LogP contribution in [0.4, 0.5) is 22.4 Å². The Morgan fingerprint density at radius 1 is 0.921 bits per heavy atom. The number of urea groups is 1. The minimum atomic E-state index is -5.08. The number of ether oxygens (including phenoxy) is 1. The van der Waals surface area contributed by atoms with Gasteiger partial charge in [0.05, 0.1) is 6.54 Å². The van der Waals surface area contributed by atoms with E-state index in [0.717, 1.165) is 51.9 Å². The third-order valence-electron chi connectivity index (χ3n) is 6.95. The Labute approximate surface area is 220 Å². The number of benzene rings is 1. The fourth-order valence-corrected chi connectivity index (χ4v) is 4.65. The van der Waals surface area contributed by atoms with Crippen molar-refractivity contribution in [1.29, 1.82) is 0 Å². The molecule has 1 aromatic rings. The van der Waals surface area contributed by atoms with Crippen molar-refractivity contribution in [3.05, 3.63) is 35.6 Å². The molecule has 0 radical (unpaired) electrons. The molecule has 0 spiro atoms. The Morgan fingerprint density at radius 3 is 1.87 bits per heavy atom. The Kier molecular flexibility index (Phi) is 12.9. The molecule has 1 aliphatic heterocycles. The van der Waals surface area contributed by atoms with Crippen LogP contribution in [0.3, 0.4) is 0 Å². The van der Waals surface area contributed by atoms with E-state index in [2.05, 4.69) is 15.5 Å². The predicted molar refractivity (Wildman–Crippen MR) is 132 cm³/mol. The van der Waals surface area contributed by atoms with Gasteiger partial charge in [0.25, 0.3) is 0 Å². The maximum absolute atomic E-state index is 13.0. The van der Waals surface area contributed by atoms with Crippen LogP contribution in [0.2, 0.25) is 0 Å². The summed E-state index contributed by atoms with van der Waals surface area (Å²) in [4.78, 5) is 35.5. The second-order valence-corrected chi connectivity index (χ2v) is 9.89. The molecular weight excluding hydrogens is 510 g/mol. The van der Waals surface area contributed by atoms with Crippen LogP contribution in [-0.4, -0.2) is 80.4 Å². The fraction of sp³-hybridized carbons (Fsp3) is 0.654. The molecular formula is C26H37F4N3O5. The molecule has 1 aliphatic carbocycles. The normalized spacial score (nSPS) is 20.7. The lowest BCUT2D eigenvalue weighted by Crippen LogP contribution is -2.44. The molecule has 1 saturated heterocycles. The van der Waals surface area contributed by atoms with E-state index >= 15 is 0 Å². The Balaban J connectivity index is 0.000000638. The standard InChI is InChI=1S/C24H36FN3O3.C2HF3O2/c1-31-17-20-4-2-18(3-5-20)14-26-24(30)27-15-19-10-12-28(13-11-19)16-23(29)21-6-8-22(25)9-7-21;3-2(4,5)1(6)7/h6-9,18-20H,2-5,10-17H2,1H3,(H2,26,27,30);(H,6,7). The number of ketones is 1. The van der Waals surface area contributed by atoms with Gasteiger partial charge in [-0.15, -0.1) is 0 Å². The lowest BCUT2D eigenvalue weighted by molar-refractivity contribution is -0.192. The molecule has 1 saturated carbocycles. The molecule has 2 amide bonds. The van der Waals surface area contributed by atoms with Crippen molar-refractivity contribution < 1.29 is 41.8 Å². The number of carboxylic acid groups (broad SMARTS) is 1. The second-order valence-electron chi connectivity index (χ2n) is 9.89. The van der Waals surface area contributed by atoms with Gasteiger partial charge in [-0.05, 0) is 93.6 Å². The number of carbonyl (C=O) groups is 3. The Hall–Kier alpha value is -2.73. The summed E-state index contributed by atoms with van der Waals surface area (Å²) in [6.45, 7) is 4.30. The van der Waals surface area contributed by atoms with Crippen LogP contribution in [0.1, 0.15) is 48.9 Å². The van der Waals surface area contributed by atoms with Crippen molar-refractivity contribution in [2.45, 2.75) is 44.7 Å². The lowest BCUT2D eigenvalue weighted by atomic mass is 9.82. The van der Waals surface area contributed by atoms with E-state index in [0.29, 0.717) is 36.4 Å². The van der Waals surface area contributed by atoms with Gasteiger partial charge >= 0.3 is 18.2 Å².